The Hall–Kier alpha value is -3.03. The molecular weight excluding hydrogens is 424 g/mol. The summed E-state index contributed by atoms with van der Waals surface area (Å²) in [6.45, 7) is 4.72. The number of nitrogens with zero attached hydrogens (tertiary/aromatic N) is 3. The lowest BCUT2D eigenvalue weighted by atomic mass is 10.1. The van der Waals surface area contributed by atoms with Crippen molar-refractivity contribution >= 4 is 60.3 Å². The Morgan fingerprint density at radius 3 is 2.74 bits per heavy atom. The number of hydrogen-bond donors (Lipinski definition) is 1. The van der Waals surface area contributed by atoms with Crippen molar-refractivity contribution in [3.8, 4) is 0 Å². The van der Waals surface area contributed by atoms with Gasteiger partial charge in [-0.25, -0.2) is 15.0 Å². The Labute approximate surface area is 187 Å². The van der Waals surface area contributed by atoms with Crippen molar-refractivity contribution in [1.82, 2.24) is 20.3 Å². The molecule has 31 heavy (non-hydrogen) atoms. The maximum atomic E-state index is 12.3. The van der Waals surface area contributed by atoms with Gasteiger partial charge >= 0.3 is 0 Å². The van der Waals surface area contributed by atoms with Crippen LogP contribution in [0.4, 0.5) is 0 Å². The van der Waals surface area contributed by atoms with E-state index >= 15 is 0 Å². The number of benzene rings is 2. The smallest absolute Gasteiger partial charge is 0.230 e. The van der Waals surface area contributed by atoms with Crippen molar-refractivity contribution < 1.29 is 4.79 Å². The number of pyridine rings is 1. The van der Waals surface area contributed by atoms with Gasteiger partial charge in [0.2, 0.25) is 5.91 Å². The lowest BCUT2D eigenvalue weighted by molar-refractivity contribution is -0.118. The van der Waals surface area contributed by atoms with Crippen LogP contribution >= 0.6 is 23.1 Å². The highest BCUT2D eigenvalue weighted by Gasteiger charge is 2.15. The van der Waals surface area contributed by atoms with Crippen LogP contribution in [0.15, 0.2) is 59.9 Å². The van der Waals surface area contributed by atoms with Crippen molar-refractivity contribution in [1.29, 1.82) is 0 Å². The number of thioether (sulfide) groups is 1. The van der Waals surface area contributed by atoms with Crippen molar-refractivity contribution in [3.63, 3.8) is 0 Å². The topological polar surface area (TPSA) is 67.8 Å². The predicted molar refractivity (Wildman–Crippen MR) is 129 cm³/mol. The average molecular weight is 445 g/mol. The minimum Gasteiger partial charge on any atom is -0.351 e. The maximum absolute atomic E-state index is 12.3. The van der Waals surface area contributed by atoms with Gasteiger partial charge in [-0.1, -0.05) is 53.7 Å². The zero-order valence-corrected chi connectivity index (χ0v) is 18.8. The first kappa shape index (κ1) is 19.9. The molecule has 154 valence electrons. The molecular formula is C24H20N4OS2. The van der Waals surface area contributed by atoms with Crippen LogP contribution in [0.1, 0.15) is 16.7 Å². The van der Waals surface area contributed by atoms with E-state index in [1.807, 2.05) is 30.3 Å². The molecule has 0 aliphatic rings. The Morgan fingerprint density at radius 1 is 1.06 bits per heavy atom. The number of rotatable bonds is 5. The monoisotopic (exact) mass is 444 g/mol. The number of aryl methyl sites for hydroxylation is 2. The molecule has 3 aromatic heterocycles. The number of thiophene rings is 1. The van der Waals surface area contributed by atoms with Gasteiger partial charge in [0.1, 0.15) is 16.2 Å². The Kier molecular flexibility index (Phi) is 5.29. The second kappa shape index (κ2) is 8.24. The summed E-state index contributed by atoms with van der Waals surface area (Å²) in [5.41, 5.74) is 5.39. The fourth-order valence-electron chi connectivity index (χ4n) is 3.70. The van der Waals surface area contributed by atoms with E-state index in [-0.39, 0.29) is 5.91 Å². The Balaban J connectivity index is 1.42. The number of fused-ring (bicyclic) bond motifs is 4. The molecule has 2 aromatic carbocycles. The van der Waals surface area contributed by atoms with E-state index in [1.165, 1.54) is 22.9 Å². The van der Waals surface area contributed by atoms with E-state index in [9.17, 15) is 4.79 Å². The fourth-order valence-corrected chi connectivity index (χ4v) is 5.72. The number of hydrogen-bond acceptors (Lipinski definition) is 6. The summed E-state index contributed by atoms with van der Waals surface area (Å²) in [5, 5.41) is 5.94. The van der Waals surface area contributed by atoms with Crippen molar-refractivity contribution in [2.45, 2.75) is 25.4 Å². The SMILES string of the molecule is Cc1cc(C)c2nc3sc4c(SCC(=O)NCc5ccccc5)ncnc4c3cc2c1. The highest BCUT2D eigenvalue weighted by Crippen LogP contribution is 2.38. The third-order valence-corrected chi connectivity index (χ3v) is 7.33. The largest absolute Gasteiger partial charge is 0.351 e. The summed E-state index contributed by atoms with van der Waals surface area (Å²) in [5.74, 6) is 0.289. The molecule has 5 aromatic rings. The van der Waals surface area contributed by atoms with Gasteiger partial charge < -0.3 is 5.32 Å². The van der Waals surface area contributed by atoms with Gasteiger partial charge in [-0.15, -0.1) is 11.3 Å². The zero-order chi connectivity index (χ0) is 21.4. The van der Waals surface area contributed by atoms with Crippen LogP contribution in [0, 0.1) is 13.8 Å². The molecule has 5 nitrogen and oxygen atoms in total. The molecule has 0 radical (unpaired) electrons. The minimum atomic E-state index is -0.0170. The van der Waals surface area contributed by atoms with E-state index in [0.29, 0.717) is 12.3 Å². The van der Waals surface area contributed by atoms with E-state index in [2.05, 4.69) is 47.3 Å². The van der Waals surface area contributed by atoms with Crippen LogP contribution in [0.2, 0.25) is 0 Å². The highest BCUT2D eigenvalue weighted by atomic mass is 32.2. The summed E-state index contributed by atoms with van der Waals surface area (Å²) in [6.07, 6.45) is 1.57. The standard InChI is InChI=1S/C24H20N4OS2/c1-14-8-15(2)20-17(9-14)10-18-21-22(31-23(18)28-20)24(27-13-26-21)30-12-19(29)25-11-16-6-4-3-5-7-16/h3-10,13H,11-12H2,1-2H3,(H,25,29). The molecule has 0 unspecified atom stereocenters. The minimum absolute atomic E-state index is 0.0170. The van der Waals surface area contributed by atoms with Crippen molar-refractivity contribution in [2.24, 2.45) is 0 Å². The molecule has 0 atom stereocenters. The van der Waals surface area contributed by atoms with Gasteiger partial charge in [0.15, 0.2) is 0 Å². The number of carbonyl (C=O) groups is 1. The van der Waals surface area contributed by atoms with Gasteiger partial charge in [-0.05, 0) is 37.1 Å². The van der Waals surface area contributed by atoms with Crippen LogP contribution in [0.25, 0.3) is 31.3 Å². The predicted octanol–water partition coefficient (Wildman–Crippen LogP) is 5.42. The quantitative estimate of drug-likeness (QED) is 0.290. The molecule has 0 saturated carbocycles. The number of nitrogens with one attached hydrogen (secondary N) is 1. The zero-order valence-electron chi connectivity index (χ0n) is 17.2. The molecule has 0 aliphatic carbocycles. The molecule has 1 N–H and O–H groups in total. The molecule has 0 saturated heterocycles. The molecule has 0 spiro atoms. The summed E-state index contributed by atoms with van der Waals surface area (Å²) in [7, 11) is 0. The number of amides is 1. The summed E-state index contributed by atoms with van der Waals surface area (Å²) < 4.78 is 0.982. The van der Waals surface area contributed by atoms with E-state index in [0.717, 1.165) is 41.9 Å². The summed E-state index contributed by atoms with van der Waals surface area (Å²) in [6, 6.07) is 16.4. The average Bonchev–Trinajstić information content (AvgIpc) is 3.14. The molecule has 0 bridgehead atoms. The molecule has 5 rings (SSSR count). The van der Waals surface area contributed by atoms with Gasteiger partial charge in [0.05, 0.1) is 21.5 Å². The lowest BCUT2D eigenvalue weighted by Gasteiger charge is -2.05. The van der Waals surface area contributed by atoms with Crippen LogP contribution in [-0.4, -0.2) is 26.6 Å². The maximum Gasteiger partial charge on any atom is 0.230 e. The third-order valence-electron chi connectivity index (χ3n) is 5.12. The van der Waals surface area contributed by atoms with Gasteiger partial charge in [0, 0.05) is 17.3 Å². The molecule has 1 amide bonds. The van der Waals surface area contributed by atoms with Crippen molar-refractivity contribution in [2.75, 3.05) is 5.75 Å². The number of aromatic nitrogens is 3. The second-order valence-electron chi connectivity index (χ2n) is 7.50. The van der Waals surface area contributed by atoms with Gasteiger partial charge in [-0.3, -0.25) is 4.79 Å². The second-order valence-corrected chi connectivity index (χ2v) is 9.47. The van der Waals surface area contributed by atoms with Crippen LogP contribution in [0.5, 0.6) is 0 Å². The fraction of sp³-hybridized carbons (Fsp3) is 0.167. The molecule has 0 aliphatic heterocycles. The van der Waals surface area contributed by atoms with Crippen LogP contribution < -0.4 is 5.32 Å². The Morgan fingerprint density at radius 2 is 1.90 bits per heavy atom. The van der Waals surface area contributed by atoms with E-state index in [1.54, 1.807) is 17.7 Å². The van der Waals surface area contributed by atoms with Crippen LogP contribution in [0.3, 0.4) is 0 Å². The van der Waals surface area contributed by atoms with Crippen molar-refractivity contribution in [3.05, 3.63) is 71.5 Å². The van der Waals surface area contributed by atoms with Crippen LogP contribution in [-0.2, 0) is 11.3 Å². The van der Waals surface area contributed by atoms with E-state index in [4.69, 9.17) is 4.98 Å². The molecule has 7 heteroatoms. The highest BCUT2D eigenvalue weighted by molar-refractivity contribution is 8.00. The summed E-state index contributed by atoms with van der Waals surface area (Å²) in [4.78, 5) is 27.2. The normalized spacial score (nSPS) is 11.4. The first-order chi connectivity index (χ1) is 15.1. The first-order valence-electron chi connectivity index (χ1n) is 9.97. The third kappa shape index (κ3) is 3.98. The lowest BCUT2D eigenvalue weighted by Crippen LogP contribution is -2.24. The van der Waals surface area contributed by atoms with Gasteiger partial charge in [0.25, 0.3) is 0 Å². The number of carbonyl (C=O) groups excluding carboxylic acids is 1. The Bertz CT molecular complexity index is 1430. The molecule has 3 heterocycles. The summed E-state index contributed by atoms with van der Waals surface area (Å²) >= 11 is 3.03. The van der Waals surface area contributed by atoms with Gasteiger partial charge in [-0.2, -0.15) is 0 Å². The van der Waals surface area contributed by atoms with E-state index < -0.39 is 0 Å². The molecule has 0 fully saturated rings. The first-order valence-corrected chi connectivity index (χ1v) is 11.8.